The predicted molar refractivity (Wildman–Crippen MR) is 94.2 cm³/mol. The van der Waals surface area contributed by atoms with Crippen molar-refractivity contribution in [2.24, 2.45) is 0 Å². The van der Waals surface area contributed by atoms with Crippen LogP contribution >= 0.6 is 0 Å². The number of fused-ring (bicyclic) bond motifs is 2. The third-order valence-corrected chi connectivity index (χ3v) is 5.55. The minimum absolute atomic E-state index is 0.0791. The van der Waals surface area contributed by atoms with Gasteiger partial charge in [0.2, 0.25) is 0 Å². The lowest BCUT2D eigenvalue weighted by atomic mass is 9.96. The molecular formula is C19H27N3O2. The van der Waals surface area contributed by atoms with Crippen LogP contribution in [0.1, 0.15) is 44.1 Å². The quantitative estimate of drug-likeness (QED) is 0.893. The number of ether oxygens (including phenoxy) is 1. The van der Waals surface area contributed by atoms with Crippen molar-refractivity contribution in [3.63, 3.8) is 0 Å². The molecule has 0 aromatic heterocycles. The minimum atomic E-state index is -0.0791. The van der Waals surface area contributed by atoms with Crippen LogP contribution < -0.4 is 15.5 Å². The van der Waals surface area contributed by atoms with E-state index in [1.54, 1.807) is 0 Å². The Labute approximate surface area is 143 Å². The summed E-state index contributed by atoms with van der Waals surface area (Å²) in [6.07, 6.45) is 7.61. The predicted octanol–water partition coefficient (Wildman–Crippen LogP) is 2.80. The zero-order valence-electron chi connectivity index (χ0n) is 14.2. The van der Waals surface area contributed by atoms with Gasteiger partial charge in [-0.1, -0.05) is 18.2 Å². The van der Waals surface area contributed by atoms with Crippen molar-refractivity contribution >= 4 is 11.7 Å². The molecule has 24 heavy (non-hydrogen) atoms. The molecule has 5 heteroatoms. The second-order valence-corrected chi connectivity index (χ2v) is 7.22. The number of benzene rings is 1. The molecule has 3 aliphatic rings. The van der Waals surface area contributed by atoms with Crippen molar-refractivity contribution in [2.75, 3.05) is 18.0 Å². The second kappa shape index (κ2) is 7.01. The highest BCUT2D eigenvalue weighted by Gasteiger charge is 2.41. The molecule has 3 atom stereocenters. The molecule has 0 unspecified atom stereocenters. The fraction of sp³-hybridized carbons (Fsp3) is 0.632. The van der Waals surface area contributed by atoms with Crippen molar-refractivity contribution in [3.05, 3.63) is 29.8 Å². The van der Waals surface area contributed by atoms with Gasteiger partial charge in [-0.05, 0) is 50.2 Å². The SMILES string of the molecule is O=C(NCc1ccccc1N1CCCCC1)N[C@H]1C[C@H]2CC[C@H]1O2. The Morgan fingerprint density at radius 3 is 2.75 bits per heavy atom. The molecule has 130 valence electrons. The third-order valence-electron chi connectivity index (χ3n) is 5.55. The standard InChI is InChI=1S/C19H27N3O2/c23-19(21-16-12-15-8-9-18(16)24-15)20-13-14-6-2-3-7-17(14)22-10-4-1-5-11-22/h2-3,6-7,15-16,18H,1,4-5,8-13H2,(H2,20,21,23)/t15-,16+,18-/m1/s1. The summed E-state index contributed by atoms with van der Waals surface area (Å²) in [5, 5.41) is 6.12. The Balaban J connectivity index is 1.33. The number of carbonyl (C=O) groups excluding carboxylic acids is 1. The summed E-state index contributed by atoms with van der Waals surface area (Å²) < 4.78 is 5.80. The Morgan fingerprint density at radius 1 is 1.17 bits per heavy atom. The van der Waals surface area contributed by atoms with E-state index in [-0.39, 0.29) is 18.2 Å². The zero-order valence-corrected chi connectivity index (χ0v) is 14.2. The lowest BCUT2D eigenvalue weighted by Crippen LogP contribution is -2.46. The number of rotatable bonds is 4. The number of hydrogen-bond donors (Lipinski definition) is 2. The Hall–Kier alpha value is -1.75. The molecule has 3 heterocycles. The number of anilines is 1. The van der Waals surface area contributed by atoms with E-state index in [4.69, 9.17) is 4.74 Å². The Bertz CT molecular complexity index is 586. The number of nitrogens with zero attached hydrogens (tertiary/aromatic N) is 1. The number of amides is 2. The van der Waals surface area contributed by atoms with Crippen LogP contribution in [-0.4, -0.2) is 37.4 Å². The van der Waals surface area contributed by atoms with Crippen LogP contribution in [0.2, 0.25) is 0 Å². The Kier molecular flexibility index (Phi) is 4.60. The van der Waals surface area contributed by atoms with Gasteiger partial charge in [0.25, 0.3) is 0 Å². The molecule has 0 aliphatic carbocycles. The maximum absolute atomic E-state index is 12.2. The summed E-state index contributed by atoms with van der Waals surface area (Å²) >= 11 is 0. The molecule has 3 aliphatic heterocycles. The first kappa shape index (κ1) is 15.8. The average Bonchev–Trinajstić information content (AvgIpc) is 3.24. The third kappa shape index (κ3) is 3.36. The van der Waals surface area contributed by atoms with Crippen LogP contribution in [-0.2, 0) is 11.3 Å². The van der Waals surface area contributed by atoms with E-state index in [0.717, 1.165) is 32.4 Å². The molecule has 2 bridgehead atoms. The Morgan fingerprint density at radius 2 is 2.00 bits per heavy atom. The molecule has 5 nitrogen and oxygen atoms in total. The number of nitrogens with one attached hydrogen (secondary N) is 2. The molecule has 1 aromatic rings. The largest absolute Gasteiger partial charge is 0.373 e. The van der Waals surface area contributed by atoms with Gasteiger partial charge in [0.15, 0.2) is 0 Å². The van der Waals surface area contributed by atoms with E-state index in [2.05, 4.69) is 33.7 Å². The highest BCUT2D eigenvalue weighted by Crippen LogP contribution is 2.34. The van der Waals surface area contributed by atoms with Crippen molar-refractivity contribution in [1.29, 1.82) is 0 Å². The van der Waals surface area contributed by atoms with Gasteiger partial charge in [-0.25, -0.2) is 4.79 Å². The van der Waals surface area contributed by atoms with Gasteiger partial charge < -0.3 is 20.3 Å². The molecule has 1 aromatic carbocycles. The molecule has 0 radical (unpaired) electrons. The van der Waals surface area contributed by atoms with E-state index in [0.29, 0.717) is 12.6 Å². The van der Waals surface area contributed by atoms with E-state index in [1.807, 2.05) is 6.07 Å². The van der Waals surface area contributed by atoms with Gasteiger partial charge in [0, 0.05) is 25.3 Å². The fourth-order valence-corrected chi connectivity index (χ4v) is 4.29. The average molecular weight is 329 g/mol. The topological polar surface area (TPSA) is 53.6 Å². The lowest BCUT2D eigenvalue weighted by molar-refractivity contribution is 0.0981. The van der Waals surface area contributed by atoms with Crippen molar-refractivity contribution < 1.29 is 9.53 Å². The van der Waals surface area contributed by atoms with E-state index in [1.165, 1.54) is 30.5 Å². The van der Waals surface area contributed by atoms with Gasteiger partial charge >= 0.3 is 6.03 Å². The maximum Gasteiger partial charge on any atom is 0.315 e. The number of piperidine rings is 1. The minimum Gasteiger partial charge on any atom is -0.373 e. The summed E-state index contributed by atoms with van der Waals surface area (Å²) in [4.78, 5) is 14.7. The highest BCUT2D eigenvalue weighted by atomic mass is 16.5. The summed E-state index contributed by atoms with van der Waals surface area (Å²) in [6.45, 7) is 2.80. The van der Waals surface area contributed by atoms with Gasteiger partial charge in [0.05, 0.1) is 18.2 Å². The monoisotopic (exact) mass is 329 g/mol. The maximum atomic E-state index is 12.2. The van der Waals surface area contributed by atoms with Crippen LogP contribution in [0.5, 0.6) is 0 Å². The first-order chi connectivity index (χ1) is 11.8. The van der Waals surface area contributed by atoms with E-state index >= 15 is 0 Å². The van der Waals surface area contributed by atoms with Crippen molar-refractivity contribution in [2.45, 2.75) is 63.3 Å². The normalized spacial score (nSPS) is 28.8. The molecule has 3 saturated heterocycles. The van der Waals surface area contributed by atoms with Gasteiger partial charge in [-0.3, -0.25) is 0 Å². The van der Waals surface area contributed by atoms with Crippen molar-refractivity contribution in [3.8, 4) is 0 Å². The van der Waals surface area contributed by atoms with Crippen LogP contribution in [0.25, 0.3) is 0 Å². The second-order valence-electron chi connectivity index (χ2n) is 7.22. The van der Waals surface area contributed by atoms with Gasteiger partial charge in [-0.15, -0.1) is 0 Å². The molecule has 0 spiro atoms. The fourth-order valence-electron chi connectivity index (χ4n) is 4.29. The number of hydrogen-bond acceptors (Lipinski definition) is 3. The zero-order chi connectivity index (χ0) is 16.4. The molecule has 0 saturated carbocycles. The van der Waals surface area contributed by atoms with Crippen LogP contribution in [0.4, 0.5) is 10.5 Å². The smallest absolute Gasteiger partial charge is 0.315 e. The number of urea groups is 1. The summed E-state index contributed by atoms with van der Waals surface area (Å²) in [5.41, 5.74) is 2.46. The summed E-state index contributed by atoms with van der Waals surface area (Å²) in [7, 11) is 0. The molecule has 2 amide bonds. The van der Waals surface area contributed by atoms with Gasteiger partial charge in [-0.2, -0.15) is 0 Å². The molecule has 3 fully saturated rings. The molecular weight excluding hydrogens is 302 g/mol. The highest BCUT2D eigenvalue weighted by molar-refractivity contribution is 5.74. The summed E-state index contributed by atoms with van der Waals surface area (Å²) in [6, 6.07) is 8.52. The first-order valence-electron chi connectivity index (χ1n) is 9.32. The van der Waals surface area contributed by atoms with Gasteiger partial charge in [0.1, 0.15) is 0 Å². The molecule has 4 rings (SSSR count). The number of para-hydroxylation sites is 1. The number of carbonyl (C=O) groups is 1. The lowest BCUT2D eigenvalue weighted by Gasteiger charge is -2.30. The molecule has 2 N–H and O–H groups in total. The van der Waals surface area contributed by atoms with Crippen molar-refractivity contribution in [1.82, 2.24) is 10.6 Å². The van der Waals surface area contributed by atoms with E-state index < -0.39 is 0 Å². The van der Waals surface area contributed by atoms with Crippen LogP contribution in [0.3, 0.4) is 0 Å². The van der Waals surface area contributed by atoms with Crippen LogP contribution in [0.15, 0.2) is 24.3 Å². The summed E-state index contributed by atoms with van der Waals surface area (Å²) in [5.74, 6) is 0. The van der Waals surface area contributed by atoms with E-state index in [9.17, 15) is 4.79 Å². The van der Waals surface area contributed by atoms with Crippen LogP contribution in [0, 0.1) is 0 Å². The first-order valence-corrected chi connectivity index (χ1v) is 9.32.